The van der Waals surface area contributed by atoms with Crippen LogP contribution in [-0.2, 0) is 6.42 Å². The Morgan fingerprint density at radius 1 is 1.11 bits per heavy atom. The van der Waals surface area contributed by atoms with E-state index in [-0.39, 0.29) is 0 Å². The molecule has 2 aromatic heterocycles. The van der Waals surface area contributed by atoms with Crippen molar-refractivity contribution in [3.63, 3.8) is 0 Å². The van der Waals surface area contributed by atoms with Gasteiger partial charge in [0, 0.05) is 30.0 Å². The lowest BCUT2D eigenvalue weighted by Gasteiger charge is -2.05. The molecule has 1 aliphatic carbocycles. The molecule has 0 N–H and O–H groups in total. The third kappa shape index (κ3) is 1.75. The van der Waals surface area contributed by atoms with Crippen LogP contribution in [0.4, 0.5) is 0 Å². The second-order valence-electron chi connectivity index (χ2n) is 5.42. The molecular weight excluding hydrogens is 242 g/mol. The number of hydrogen-bond acceptors (Lipinski definition) is 4. The summed E-state index contributed by atoms with van der Waals surface area (Å²) in [6.45, 7) is 8.64. The van der Waals surface area contributed by atoms with Gasteiger partial charge in [0.2, 0.25) is 0 Å². The molecular formula is C14H17N3S. The Kier molecular flexibility index (Phi) is 2.70. The van der Waals surface area contributed by atoms with E-state index in [9.17, 15) is 0 Å². The molecule has 94 valence electrons. The molecule has 0 bridgehead atoms. The fourth-order valence-corrected chi connectivity index (χ4v) is 3.24. The highest BCUT2D eigenvalue weighted by molar-refractivity contribution is 7.15. The molecule has 1 aliphatic rings. The van der Waals surface area contributed by atoms with Crippen molar-refractivity contribution in [1.82, 2.24) is 15.0 Å². The van der Waals surface area contributed by atoms with Crippen LogP contribution in [0.25, 0.3) is 10.6 Å². The van der Waals surface area contributed by atoms with Crippen molar-refractivity contribution < 1.29 is 0 Å². The van der Waals surface area contributed by atoms with E-state index < -0.39 is 0 Å². The summed E-state index contributed by atoms with van der Waals surface area (Å²) in [4.78, 5) is 15.2. The van der Waals surface area contributed by atoms with Gasteiger partial charge in [0.25, 0.3) is 0 Å². The predicted molar refractivity (Wildman–Crippen MR) is 74.1 cm³/mol. The third-order valence-electron chi connectivity index (χ3n) is 3.18. The first kappa shape index (κ1) is 11.8. The number of aromatic nitrogens is 3. The number of nitrogens with zero attached hydrogens (tertiary/aromatic N) is 3. The molecule has 3 nitrogen and oxygen atoms in total. The zero-order valence-corrected chi connectivity index (χ0v) is 12.0. The van der Waals surface area contributed by atoms with E-state index in [4.69, 9.17) is 9.97 Å². The Morgan fingerprint density at radius 2 is 1.89 bits per heavy atom. The first-order valence-corrected chi connectivity index (χ1v) is 7.23. The van der Waals surface area contributed by atoms with Crippen molar-refractivity contribution in [3.05, 3.63) is 28.3 Å². The van der Waals surface area contributed by atoms with Crippen LogP contribution in [0.1, 0.15) is 61.6 Å². The van der Waals surface area contributed by atoms with Crippen molar-refractivity contribution in [1.29, 1.82) is 0 Å². The molecule has 0 fully saturated rings. The summed E-state index contributed by atoms with van der Waals surface area (Å²) in [6, 6.07) is 0. The van der Waals surface area contributed by atoms with Gasteiger partial charge >= 0.3 is 0 Å². The van der Waals surface area contributed by atoms with Crippen molar-refractivity contribution in [2.24, 2.45) is 0 Å². The van der Waals surface area contributed by atoms with E-state index >= 15 is 0 Å². The van der Waals surface area contributed by atoms with Gasteiger partial charge in [0.1, 0.15) is 5.82 Å². The molecule has 2 heterocycles. The smallest absolute Gasteiger partial charge is 0.131 e. The molecule has 0 spiro atoms. The van der Waals surface area contributed by atoms with E-state index in [1.807, 2.05) is 6.20 Å². The largest absolute Gasteiger partial charge is 0.245 e. The average molecular weight is 259 g/mol. The van der Waals surface area contributed by atoms with Crippen molar-refractivity contribution in [3.8, 4) is 10.6 Å². The Labute approximate surface area is 111 Å². The third-order valence-corrected chi connectivity index (χ3v) is 4.59. The maximum absolute atomic E-state index is 4.73. The lowest BCUT2D eigenvalue weighted by molar-refractivity contribution is 0.773. The fourth-order valence-electron chi connectivity index (χ4n) is 2.13. The quantitative estimate of drug-likeness (QED) is 0.703. The Balaban J connectivity index is 2.10. The fraction of sp³-hybridized carbons (Fsp3) is 0.500. The maximum atomic E-state index is 4.73. The molecule has 0 amide bonds. The minimum atomic E-state index is 0.372. The average Bonchev–Trinajstić information content (AvgIpc) is 2.84. The Bertz CT molecular complexity index is 599. The molecule has 0 aliphatic heterocycles. The van der Waals surface area contributed by atoms with Gasteiger partial charge in [-0.2, -0.15) is 0 Å². The normalized spacial score (nSPS) is 13.2. The van der Waals surface area contributed by atoms with Gasteiger partial charge in [-0.25, -0.2) is 15.0 Å². The summed E-state index contributed by atoms with van der Waals surface area (Å²) in [7, 11) is 0. The van der Waals surface area contributed by atoms with Crippen molar-refractivity contribution in [2.45, 2.75) is 46.0 Å². The van der Waals surface area contributed by atoms with Gasteiger partial charge in [-0.15, -0.1) is 11.3 Å². The van der Waals surface area contributed by atoms with Crippen LogP contribution in [-0.4, -0.2) is 15.0 Å². The molecule has 0 unspecified atom stereocenters. The van der Waals surface area contributed by atoms with Gasteiger partial charge in [-0.05, 0) is 0 Å². The molecule has 2 aromatic rings. The van der Waals surface area contributed by atoms with Crippen LogP contribution >= 0.6 is 11.3 Å². The highest BCUT2D eigenvalue weighted by Gasteiger charge is 2.26. The monoisotopic (exact) mass is 259 g/mol. The maximum Gasteiger partial charge on any atom is 0.131 e. The van der Waals surface area contributed by atoms with Gasteiger partial charge in [0.05, 0.1) is 21.3 Å². The highest BCUT2D eigenvalue weighted by atomic mass is 32.1. The van der Waals surface area contributed by atoms with Crippen molar-refractivity contribution >= 4 is 11.3 Å². The number of rotatable bonds is 2. The summed E-state index contributed by atoms with van der Waals surface area (Å²) in [5, 5.41) is 1.22. The van der Waals surface area contributed by atoms with Crippen LogP contribution in [0.3, 0.4) is 0 Å². The second-order valence-corrected chi connectivity index (χ2v) is 6.45. The summed E-state index contributed by atoms with van der Waals surface area (Å²) in [5.41, 5.74) is 3.53. The Hall–Kier alpha value is -1.29. The lowest BCUT2D eigenvalue weighted by Crippen LogP contribution is -1.99. The van der Waals surface area contributed by atoms with Gasteiger partial charge < -0.3 is 0 Å². The summed E-state index contributed by atoms with van der Waals surface area (Å²) in [6.07, 6.45) is 2.87. The number of hydrogen-bond donors (Lipinski definition) is 0. The standard InChI is InChI=1S/C14H17N3S/c1-7(2)13-15-6-9-5-10-12(11(9)17-13)18-14(16-10)8(3)4/h6-8H,5H2,1-4H3. The SMILES string of the molecule is CC(C)c1ncc2c(n1)-c1sc(C(C)C)nc1C2. The Morgan fingerprint density at radius 3 is 2.56 bits per heavy atom. The van der Waals surface area contributed by atoms with Crippen LogP contribution in [0.2, 0.25) is 0 Å². The molecule has 18 heavy (non-hydrogen) atoms. The molecule has 0 aromatic carbocycles. The van der Waals surface area contributed by atoms with Crippen LogP contribution in [0.15, 0.2) is 6.20 Å². The van der Waals surface area contributed by atoms with Gasteiger partial charge in [-0.1, -0.05) is 27.7 Å². The second kappa shape index (κ2) is 4.12. The first-order chi connectivity index (χ1) is 8.56. The lowest BCUT2D eigenvalue weighted by atomic mass is 10.2. The van der Waals surface area contributed by atoms with Crippen LogP contribution in [0.5, 0.6) is 0 Å². The summed E-state index contributed by atoms with van der Waals surface area (Å²) >= 11 is 1.79. The zero-order chi connectivity index (χ0) is 12.9. The first-order valence-electron chi connectivity index (χ1n) is 6.42. The topological polar surface area (TPSA) is 38.7 Å². The van der Waals surface area contributed by atoms with E-state index in [1.54, 1.807) is 11.3 Å². The number of fused-ring (bicyclic) bond motifs is 3. The predicted octanol–water partition coefficient (Wildman–Crippen LogP) is 3.75. The van der Waals surface area contributed by atoms with E-state index in [2.05, 4.69) is 32.7 Å². The molecule has 4 heteroatoms. The van der Waals surface area contributed by atoms with Gasteiger partial charge in [-0.3, -0.25) is 0 Å². The zero-order valence-electron chi connectivity index (χ0n) is 11.2. The van der Waals surface area contributed by atoms with Crippen LogP contribution in [0, 0.1) is 0 Å². The highest BCUT2D eigenvalue weighted by Crippen LogP contribution is 2.40. The molecule has 0 saturated carbocycles. The van der Waals surface area contributed by atoms with Gasteiger partial charge in [0.15, 0.2) is 0 Å². The molecule has 3 rings (SSSR count). The summed E-state index contributed by atoms with van der Waals surface area (Å²) in [5.74, 6) is 1.80. The number of thiazole rings is 1. The minimum Gasteiger partial charge on any atom is -0.245 e. The summed E-state index contributed by atoms with van der Waals surface area (Å²) < 4.78 is 0. The molecule has 0 saturated heterocycles. The molecule has 0 atom stereocenters. The molecule has 0 radical (unpaired) electrons. The van der Waals surface area contributed by atoms with E-state index in [0.29, 0.717) is 11.8 Å². The van der Waals surface area contributed by atoms with Crippen LogP contribution < -0.4 is 0 Å². The van der Waals surface area contributed by atoms with Crippen molar-refractivity contribution in [2.75, 3.05) is 0 Å². The van der Waals surface area contributed by atoms with E-state index in [0.717, 1.165) is 17.9 Å². The van der Waals surface area contributed by atoms with E-state index in [1.165, 1.54) is 21.1 Å². The minimum absolute atomic E-state index is 0.372.